The van der Waals surface area contributed by atoms with Crippen molar-refractivity contribution in [2.24, 2.45) is 4.99 Å². The number of carbonyl (C=O) groups is 1. The number of nitrogens with zero attached hydrogens (tertiary/aromatic N) is 3. The third-order valence-corrected chi connectivity index (χ3v) is 6.81. The number of aliphatic imine (C=N–C) groups is 1. The van der Waals surface area contributed by atoms with Crippen LogP contribution in [0.15, 0.2) is 29.3 Å². The Morgan fingerprint density at radius 3 is 2.96 bits per heavy atom. The van der Waals surface area contributed by atoms with E-state index < -0.39 is 21.6 Å². The zero-order chi connectivity index (χ0) is 16.6. The second kappa shape index (κ2) is 5.94. The summed E-state index contributed by atoms with van der Waals surface area (Å²) in [6.07, 6.45) is -0.352. The molecular weight excluding hydrogens is 341 g/mol. The fourth-order valence-corrected chi connectivity index (χ4v) is 6.64. The minimum absolute atomic E-state index is 0.000387. The standard InChI is InChI=1S/C14H12FN3O3S2/c15-9-2-1-3-10(6-9)18-11-7-23(20,21)8-12(11)22-14(18)17-13(19)4-5-16/h1-3,6,11-12H,4,7-8H2/t11-,12+/m1/s1. The Morgan fingerprint density at radius 1 is 1.48 bits per heavy atom. The van der Waals surface area contributed by atoms with E-state index in [1.54, 1.807) is 17.0 Å². The number of benzene rings is 1. The Labute approximate surface area is 136 Å². The van der Waals surface area contributed by atoms with Gasteiger partial charge >= 0.3 is 0 Å². The topological polar surface area (TPSA) is 90.6 Å². The van der Waals surface area contributed by atoms with Gasteiger partial charge in [0, 0.05) is 10.9 Å². The summed E-state index contributed by atoms with van der Waals surface area (Å²) in [6, 6.07) is 7.06. The normalized spacial score (nSPS) is 27.0. The molecule has 0 spiro atoms. The third-order valence-electron chi connectivity index (χ3n) is 3.60. The zero-order valence-corrected chi connectivity index (χ0v) is 13.5. The van der Waals surface area contributed by atoms with Gasteiger partial charge in [-0.05, 0) is 18.2 Å². The van der Waals surface area contributed by atoms with Gasteiger partial charge in [0.1, 0.15) is 12.2 Å². The van der Waals surface area contributed by atoms with Gasteiger partial charge in [-0.15, -0.1) is 0 Å². The summed E-state index contributed by atoms with van der Waals surface area (Å²) in [4.78, 5) is 17.2. The first-order valence-electron chi connectivity index (χ1n) is 6.80. The van der Waals surface area contributed by atoms with Crippen molar-refractivity contribution in [2.75, 3.05) is 16.4 Å². The van der Waals surface area contributed by atoms with Gasteiger partial charge in [0.15, 0.2) is 15.0 Å². The first-order chi connectivity index (χ1) is 10.9. The molecular formula is C14H12FN3O3S2. The van der Waals surface area contributed by atoms with Crippen molar-refractivity contribution in [1.29, 1.82) is 5.26 Å². The molecule has 2 aliphatic rings. The number of amides is 1. The number of nitriles is 1. The van der Waals surface area contributed by atoms with Crippen molar-refractivity contribution in [2.45, 2.75) is 17.7 Å². The molecule has 0 aromatic heterocycles. The van der Waals surface area contributed by atoms with Crippen LogP contribution in [0.4, 0.5) is 10.1 Å². The summed E-state index contributed by atoms with van der Waals surface area (Å²) in [5, 5.41) is 8.64. The number of fused-ring (bicyclic) bond motifs is 1. The van der Waals surface area contributed by atoms with E-state index in [-0.39, 0.29) is 29.2 Å². The lowest BCUT2D eigenvalue weighted by atomic mass is 10.2. The van der Waals surface area contributed by atoms with Crippen molar-refractivity contribution < 1.29 is 17.6 Å². The molecule has 9 heteroatoms. The fraction of sp³-hybridized carbons (Fsp3) is 0.357. The van der Waals surface area contributed by atoms with E-state index in [1.165, 1.54) is 30.0 Å². The molecule has 6 nitrogen and oxygen atoms in total. The van der Waals surface area contributed by atoms with Crippen LogP contribution in [0, 0.1) is 17.1 Å². The van der Waals surface area contributed by atoms with Gasteiger partial charge in [-0.3, -0.25) is 4.79 Å². The van der Waals surface area contributed by atoms with E-state index in [9.17, 15) is 17.6 Å². The molecule has 120 valence electrons. The van der Waals surface area contributed by atoms with Crippen molar-refractivity contribution in [3.8, 4) is 6.07 Å². The maximum atomic E-state index is 13.5. The van der Waals surface area contributed by atoms with Gasteiger partial charge in [-0.25, -0.2) is 12.8 Å². The van der Waals surface area contributed by atoms with Crippen LogP contribution in [0.2, 0.25) is 0 Å². The zero-order valence-electron chi connectivity index (χ0n) is 11.8. The van der Waals surface area contributed by atoms with E-state index in [0.717, 1.165) is 0 Å². The predicted octanol–water partition coefficient (Wildman–Crippen LogP) is 1.34. The van der Waals surface area contributed by atoms with Crippen molar-refractivity contribution in [3.63, 3.8) is 0 Å². The van der Waals surface area contributed by atoms with E-state index >= 15 is 0 Å². The average molecular weight is 353 g/mol. The Balaban J connectivity index is 2.01. The number of hydrogen-bond donors (Lipinski definition) is 0. The summed E-state index contributed by atoms with van der Waals surface area (Å²) in [5.41, 5.74) is 0.450. The molecule has 2 aliphatic heterocycles. The van der Waals surface area contributed by atoms with Crippen molar-refractivity contribution in [3.05, 3.63) is 30.1 Å². The van der Waals surface area contributed by atoms with Gasteiger partial charge in [0.2, 0.25) is 0 Å². The molecule has 0 saturated carbocycles. The van der Waals surface area contributed by atoms with Gasteiger partial charge in [0.05, 0.1) is 23.6 Å². The van der Waals surface area contributed by atoms with Crippen molar-refractivity contribution >= 4 is 38.4 Å². The Hall–Kier alpha value is -1.92. The molecule has 0 N–H and O–H groups in total. The molecule has 23 heavy (non-hydrogen) atoms. The number of thioether (sulfide) groups is 1. The Morgan fingerprint density at radius 2 is 2.26 bits per heavy atom. The maximum Gasteiger partial charge on any atom is 0.262 e. The molecule has 1 amide bonds. The molecule has 0 radical (unpaired) electrons. The molecule has 1 aromatic rings. The fourth-order valence-electron chi connectivity index (χ4n) is 2.71. The highest BCUT2D eigenvalue weighted by atomic mass is 32.2. The van der Waals surface area contributed by atoms with Gasteiger partial charge in [-0.1, -0.05) is 17.8 Å². The number of sulfone groups is 1. The summed E-state index contributed by atoms with van der Waals surface area (Å²) < 4.78 is 37.2. The Bertz CT molecular complexity index is 832. The van der Waals surface area contributed by atoms with E-state index in [2.05, 4.69) is 4.99 Å². The second-order valence-electron chi connectivity index (χ2n) is 5.27. The van der Waals surface area contributed by atoms with Gasteiger partial charge < -0.3 is 4.90 Å². The summed E-state index contributed by atoms with van der Waals surface area (Å²) >= 11 is 1.19. The number of hydrogen-bond acceptors (Lipinski definition) is 5. The van der Waals surface area contributed by atoms with E-state index in [4.69, 9.17) is 5.26 Å². The summed E-state index contributed by atoms with van der Waals surface area (Å²) in [5.74, 6) is -1.12. The molecule has 0 bridgehead atoms. The first kappa shape index (κ1) is 16.0. The molecule has 3 rings (SSSR count). The predicted molar refractivity (Wildman–Crippen MR) is 85.4 cm³/mol. The summed E-state index contributed by atoms with van der Waals surface area (Å²) in [6.45, 7) is 0. The molecule has 0 unspecified atom stereocenters. The number of amidine groups is 1. The van der Waals surface area contributed by atoms with Gasteiger partial charge in [0.25, 0.3) is 5.91 Å². The van der Waals surface area contributed by atoms with Crippen LogP contribution in [0.5, 0.6) is 0 Å². The highest BCUT2D eigenvalue weighted by molar-refractivity contribution is 8.16. The molecule has 2 saturated heterocycles. The van der Waals surface area contributed by atoms with Crippen LogP contribution in [0.3, 0.4) is 0 Å². The SMILES string of the molecule is N#CCC(=O)N=C1S[C@H]2CS(=O)(=O)C[C@H]2N1c1cccc(F)c1. The molecule has 0 aliphatic carbocycles. The Kier molecular flexibility index (Phi) is 4.12. The van der Waals surface area contributed by atoms with Crippen LogP contribution >= 0.6 is 11.8 Å². The average Bonchev–Trinajstić information content (AvgIpc) is 2.89. The lowest BCUT2D eigenvalue weighted by Crippen LogP contribution is -2.37. The highest BCUT2D eigenvalue weighted by Crippen LogP contribution is 2.41. The summed E-state index contributed by atoms with van der Waals surface area (Å²) in [7, 11) is -3.17. The largest absolute Gasteiger partial charge is 0.315 e. The van der Waals surface area contributed by atoms with Crippen molar-refractivity contribution in [1.82, 2.24) is 0 Å². The van der Waals surface area contributed by atoms with Crippen LogP contribution in [-0.4, -0.2) is 42.3 Å². The monoisotopic (exact) mass is 353 g/mol. The number of carbonyl (C=O) groups excluding carboxylic acids is 1. The molecule has 1 aromatic carbocycles. The molecule has 2 heterocycles. The first-order valence-corrected chi connectivity index (χ1v) is 9.50. The van der Waals surface area contributed by atoms with Crippen LogP contribution in [-0.2, 0) is 14.6 Å². The quantitative estimate of drug-likeness (QED) is 0.797. The van der Waals surface area contributed by atoms with E-state index in [1.807, 2.05) is 0 Å². The minimum atomic E-state index is -3.17. The lowest BCUT2D eigenvalue weighted by Gasteiger charge is -2.24. The van der Waals surface area contributed by atoms with Crippen LogP contribution < -0.4 is 4.90 Å². The van der Waals surface area contributed by atoms with Crippen LogP contribution in [0.1, 0.15) is 6.42 Å². The highest BCUT2D eigenvalue weighted by Gasteiger charge is 2.49. The molecule has 2 fully saturated rings. The van der Waals surface area contributed by atoms with Crippen LogP contribution in [0.25, 0.3) is 0 Å². The van der Waals surface area contributed by atoms with Gasteiger partial charge in [-0.2, -0.15) is 10.3 Å². The molecule has 2 atom stereocenters. The lowest BCUT2D eigenvalue weighted by molar-refractivity contribution is -0.116. The minimum Gasteiger partial charge on any atom is -0.315 e. The second-order valence-corrected chi connectivity index (χ2v) is 8.63. The number of halogens is 1. The maximum absolute atomic E-state index is 13.5. The number of anilines is 1. The smallest absolute Gasteiger partial charge is 0.262 e. The van der Waals surface area contributed by atoms with E-state index in [0.29, 0.717) is 10.9 Å². The number of rotatable bonds is 2. The third kappa shape index (κ3) is 3.23.